The number of alkyl halides is 1. The van der Waals surface area contributed by atoms with Crippen molar-refractivity contribution >= 4 is 6.29 Å². The highest BCUT2D eigenvalue weighted by molar-refractivity contribution is 5.49. The van der Waals surface area contributed by atoms with Crippen molar-refractivity contribution in [2.45, 2.75) is 45.2 Å². The van der Waals surface area contributed by atoms with E-state index in [-0.39, 0.29) is 5.92 Å². The van der Waals surface area contributed by atoms with E-state index in [2.05, 4.69) is 0 Å². The predicted molar refractivity (Wildman–Crippen MR) is 46.7 cm³/mol. The summed E-state index contributed by atoms with van der Waals surface area (Å²) in [7, 11) is 0. The summed E-state index contributed by atoms with van der Waals surface area (Å²) in [4.78, 5) is 10.3. The van der Waals surface area contributed by atoms with Crippen LogP contribution in [0.1, 0.15) is 39.0 Å². The minimum Gasteiger partial charge on any atom is -0.303 e. The van der Waals surface area contributed by atoms with Crippen LogP contribution in [0.5, 0.6) is 0 Å². The number of halogens is 1. The summed E-state index contributed by atoms with van der Waals surface area (Å²) < 4.78 is 13.0. The van der Waals surface area contributed by atoms with Crippen LogP contribution in [0, 0.1) is 11.8 Å². The van der Waals surface area contributed by atoms with E-state index in [1.165, 1.54) is 12.8 Å². The van der Waals surface area contributed by atoms with Crippen LogP contribution >= 0.6 is 0 Å². The predicted octanol–water partition coefficient (Wildman–Crippen LogP) is 2.74. The van der Waals surface area contributed by atoms with E-state index in [1.54, 1.807) is 6.92 Å². The number of carbonyl (C=O) groups is 1. The fraction of sp³-hybridized carbons (Fsp3) is 0.900. The van der Waals surface area contributed by atoms with E-state index < -0.39 is 6.17 Å². The first-order chi connectivity index (χ1) is 5.75. The van der Waals surface area contributed by atoms with Crippen molar-refractivity contribution in [1.82, 2.24) is 0 Å². The first-order valence-electron chi connectivity index (χ1n) is 4.83. The van der Waals surface area contributed by atoms with E-state index in [1.807, 2.05) is 0 Å². The van der Waals surface area contributed by atoms with Gasteiger partial charge in [-0.25, -0.2) is 4.39 Å². The molecule has 0 aliphatic heterocycles. The fourth-order valence-electron chi connectivity index (χ4n) is 2.25. The molecule has 1 rings (SSSR count). The molecule has 0 bridgehead atoms. The van der Waals surface area contributed by atoms with Crippen LogP contribution in [0.15, 0.2) is 0 Å². The SMILES string of the molecule is CC(F)C(CC=O)C1CCCC1. The van der Waals surface area contributed by atoms with Crippen LogP contribution in [0.2, 0.25) is 0 Å². The zero-order valence-corrected chi connectivity index (χ0v) is 7.63. The van der Waals surface area contributed by atoms with Gasteiger partial charge in [0.25, 0.3) is 0 Å². The van der Waals surface area contributed by atoms with E-state index in [4.69, 9.17) is 0 Å². The van der Waals surface area contributed by atoms with Crippen LogP contribution < -0.4 is 0 Å². The molecule has 0 aromatic carbocycles. The van der Waals surface area contributed by atoms with E-state index in [9.17, 15) is 9.18 Å². The lowest BCUT2D eigenvalue weighted by atomic mass is 9.85. The first-order valence-corrected chi connectivity index (χ1v) is 4.83. The van der Waals surface area contributed by atoms with Gasteiger partial charge in [-0.1, -0.05) is 25.7 Å². The summed E-state index contributed by atoms with van der Waals surface area (Å²) in [5.41, 5.74) is 0. The Morgan fingerprint density at radius 3 is 2.50 bits per heavy atom. The zero-order valence-electron chi connectivity index (χ0n) is 7.63. The van der Waals surface area contributed by atoms with Gasteiger partial charge >= 0.3 is 0 Å². The van der Waals surface area contributed by atoms with Crippen molar-refractivity contribution in [2.75, 3.05) is 0 Å². The van der Waals surface area contributed by atoms with Crippen LogP contribution in [0.3, 0.4) is 0 Å². The third-order valence-corrected chi connectivity index (χ3v) is 2.96. The number of hydrogen-bond acceptors (Lipinski definition) is 1. The molecule has 1 nitrogen and oxygen atoms in total. The van der Waals surface area contributed by atoms with E-state index in [0.29, 0.717) is 12.3 Å². The Morgan fingerprint density at radius 2 is 2.08 bits per heavy atom. The highest BCUT2D eigenvalue weighted by Crippen LogP contribution is 2.35. The molecular formula is C10H17FO. The molecule has 1 fully saturated rings. The van der Waals surface area contributed by atoms with Crippen LogP contribution in [0.4, 0.5) is 4.39 Å². The maximum Gasteiger partial charge on any atom is 0.120 e. The van der Waals surface area contributed by atoms with E-state index >= 15 is 0 Å². The molecule has 2 heteroatoms. The summed E-state index contributed by atoms with van der Waals surface area (Å²) in [6, 6.07) is 0. The molecule has 12 heavy (non-hydrogen) atoms. The Bertz CT molecular complexity index is 139. The second-order valence-corrected chi connectivity index (χ2v) is 3.79. The highest BCUT2D eigenvalue weighted by Gasteiger charge is 2.28. The highest BCUT2D eigenvalue weighted by atomic mass is 19.1. The molecule has 0 saturated heterocycles. The third-order valence-electron chi connectivity index (χ3n) is 2.96. The molecule has 0 amide bonds. The average molecular weight is 172 g/mol. The van der Waals surface area contributed by atoms with Crippen LogP contribution in [-0.4, -0.2) is 12.5 Å². The molecule has 0 radical (unpaired) electrons. The lowest BCUT2D eigenvalue weighted by molar-refractivity contribution is -0.109. The third kappa shape index (κ3) is 2.29. The van der Waals surface area contributed by atoms with Gasteiger partial charge in [0.05, 0.1) is 0 Å². The molecule has 1 aliphatic carbocycles. The van der Waals surface area contributed by atoms with Gasteiger partial charge in [-0.2, -0.15) is 0 Å². The standard InChI is InChI=1S/C10H17FO/c1-8(11)10(6-7-12)9-4-2-3-5-9/h7-10H,2-6H2,1H3. The first kappa shape index (κ1) is 9.69. The monoisotopic (exact) mass is 172 g/mol. The molecule has 1 aliphatic rings. The van der Waals surface area contributed by atoms with Gasteiger partial charge in [0.15, 0.2) is 0 Å². The zero-order chi connectivity index (χ0) is 8.97. The molecule has 0 heterocycles. The van der Waals surface area contributed by atoms with Gasteiger partial charge in [-0.05, 0) is 18.8 Å². The Morgan fingerprint density at radius 1 is 1.50 bits per heavy atom. The Balaban J connectivity index is 2.45. The number of rotatable bonds is 4. The fourth-order valence-corrected chi connectivity index (χ4v) is 2.25. The minimum absolute atomic E-state index is 0.00926. The molecular weight excluding hydrogens is 155 g/mol. The lowest BCUT2D eigenvalue weighted by Crippen LogP contribution is -2.21. The maximum atomic E-state index is 13.0. The molecule has 1 saturated carbocycles. The molecule has 0 aromatic rings. The smallest absolute Gasteiger partial charge is 0.120 e. The molecule has 70 valence electrons. The minimum atomic E-state index is -0.821. The van der Waals surface area contributed by atoms with Gasteiger partial charge < -0.3 is 4.79 Å². The van der Waals surface area contributed by atoms with Gasteiger partial charge in [0.1, 0.15) is 12.5 Å². The number of carbonyl (C=O) groups excluding carboxylic acids is 1. The van der Waals surface area contributed by atoms with Crippen molar-refractivity contribution < 1.29 is 9.18 Å². The Labute approximate surface area is 73.3 Å². The normalized spacial score (nSPS) is 23.8. The second-order valence-electron chi connectivity index (χ2n) is 3.79. The van der Waals surface area contributed by atoms with Crippen molar-refractivity contribution in [2.24, 2.45) is 11.8 Å². The van der Waals surface area contributed by atoms with Crippen molar-refractivity contribution in [3.63, 3.8) is 0 Å². The quantitative estimate of drug-likeness (QED) is 0.596. The molecule has 0 spiro atoms. The lowest BCUT2D eigenvalue weighted by Gasteiger charge is -2.22. The van der Waals surface area contributed by atoms with Gasteiger partial charge in [0.2, 0.25) is 0 Å². The summed E-state index contributed by atoms with van der Waals surface area (Å²) in [5, 5.41) is 0. The molecule has 2 unspecified atom stereocenters. The summed E-state index contributed by atoms with van der Waals surface area (Å²) in [6.45, 7) is 1.58. The Hall–Kier alpha value is -0.400. The number of aldehydes is 1. The van der Waals surface area contributed by atoms with Gasteiger partial charge in [-0.3, -0.25) is 0 Å². The van der Waals surface area contributed by atoms with E-state index in [0.717, 1.165) is 19.1 Å². The summed E-state index contributed by atoms with van der Waals surface area (Å²) >= 11 is 0. The molecule has 0 aromatic heterocycles. The van der Waals surface area contributed by atoms with Crippen molar-refractivity contribution in [3.05, 3.63) is 0 Å². The Kier molecular flexibility index (Phi) is 3.70. The molecule has 0 N–H and O–H groups in total. The topological polar surface area (TPSA) is 17.1 Å². The molecule has 2 atom stereocenters. The van der Waals surface area contributed by atoms with Gasteiger partial charge in [-0.15, -0.1) is 0 Å². The summed E-state index contributed by atoms with van der Waals surface area (Å²) in [6.07, 6.45) is 5.11. The largest absolute Gasteiger partial charge is 0.303 e. The number of hydrogen-bond donors (Lipinski definition) is 0. The van der Waals surface area contributed by atoms with Gasteiger partial charge in [0, 0.05) is 6.42 Å². The summed E-state index contributed by atoms with van der Waals surface area (Å²) in [5.74, 6) is 0.459. The van der Waals surface area contributed by atoms with Crippen molar-refractivity contribution in [3.8, 4) is 0 Å². The maximum absolute atomic E-state index is 13.0. The van der Waals surface area contributed by atoms with Crippen molar-refractivity contribution in [1.29, 1.82) is 0 Å². The second kappa shape index (κ2) is 4.58. The van der Waals surface area contributed by atoms with Crippen LogP contribution in [0.25, 0.3) is 0 Å². The average Bonchev–Trinajstić information content (AvgIpc) is 2.51. The van der Waals surface area contributed by atoms with Crippen LogP contribution in [-0.2, 0) is 4.79 Å².